The van der Waals surface area contributed by atoms with Gasteiger partial charge in [-0.3, -0.25) is 0 Å². The summed E-state index contributed by atoms with van der Waals surface area (Å²) in [5, 5.41) is 0. The number of rotatable bonds is 0. The summed E-state index contributed by atoms with van der Waals surface area (Å²) in [7, 11) is 0. The molecule has 6 N–H and O–H groups in total. The summed E-state index contributed by atoms with van der Waals surface area (Å²) < 4.78 is 0. The van der Waals surface area contributed by atoms with Crippen molar-refractivity contribution >= 4 is 0 Å². The van der Waals surface area contributed by atoms with Crippen LogP contribution < -0.4 is 11.5 Å². The molecule has 3 nitrogen and oxygen atoms in total. The largest absolute Gasteiger partial charge is 0.412 e. The van der Waals surface area contributed by atoms with Crippen molar-refractivity contribution in [2.45, 2.75) is 0 Å². The molecule has 0 saturated heterocycles. The molecule has 0 aliphatic rings. The van der Waals surface area contributed by atoms with Crippen molar-refractivity contribution in [3.05, 3.63) is 12.4 Å². The van der Waals surface area contributed by atoms with Gasteiger partial charge in [-0.2, -0.15) is 0 Å². The van der Waals surface area contributed by atoms with Crippen LogP contribution in [0.4, 0.5) is 0 Å². The second-order valence-electron chi connectivity index (χ2n) is 0.385. The molecule has 0 aromatic rings. The van der Waals surface area contributed by atoms with Gasteiger partial charge in [0.25, 0.3) is 0 Å². The summed E-state index contributed by atoms with van der Waals surface area (Å²) in [6.07, 6.45) is 2.56. The fourth-order valence-electron chi connectivity index (χ4n) is 0. The van der Waals surface area contributed by atoms with Crippen LogP contribution in [0.25, 0.3) is 0 Å². The Bertz CT molecular complexity index is 26.7. The molecule has 0 aromatic heterocycles. The van der Waals surface area contributed by atoms with E-state index in [-0.39, 0.29) is 22.3 Å². The maximum absolute atomic E-state index is 4.72. The first kappa shape index (κ1) is 17.0. The van der Waals surface area contributed by atoms with Gasteiger partial charge in [0.1, 0.15) is 0 Å². The molecule has 4 heteroatoms. The maximum atomic E-state index is 4.72. The fraction of sp³-hybridized carbons (Fsp3) is 0. The molecule has 1 radical (unpaired) electrons. The summed E-state index contributed by atoms with van der Waals surface area (Å²) in [6, 6.07) is 0. The third kappa shape index (κ3) is 46.1. The molecule has 6 heavy (non-hydrogen) atoms. The molecule has 0 spiro atoms. The number of nitrogens with two attached hydrogens (primary N) is 2. The zero-order valence-electron chi connectivity index (χ0n) is 3.14. The van der Waals surface area contributed by atoms with Gasteiger partial charge in [0.2, 0.25) is 0 Å². The predicted octanol–water partition coefficient (Wildman–Crippen LogP) is -1.45. The van der Waals surface area contributed by atoms with Gasteiger partial charge in [-0.15, -0.1) is 0 Å². The summed E-state index contributed by atoms with van der Waals surface area (Å²) >= 11 is 0. The van der Waals surface area contributed by atoms with Crippen LogP contribution >= 0.6 is 0 Å². The Labute approximate surface area is 46.9 Å². The third-order valence-corrected chi connectivity index (χ3v) is 0.111. The minimum atomic E-state index is 0. The zero-order valence-corrected chi connectivity index (χ0v) is 4.18. The Hall–Kier alpha value is -0.194. The van der Waals surface area contributed by atoms with Crippen LogP contribution in [0.5, 0.6) is 0 Å². The first-order valence-electron chi connectivity index (χ1n) is 1.00. The van der Waals surface area contributed by atoms with Gasteiger partial charge in [-0.05, 0) is 0 Å². The first-order valence-corrected chi connectivity index (χ1v) is 1.00. The van der Waals surface area contributed by atoms with Crippen LogP contribution in [-0.4, -0.2) is 5.48 Å². The fourth-order valence-corrected chi connectivity index (χ4v) is 0. The van der Waals surface area contributed by atoms with Crippen molar-refractivity contribution in [3.63, 3.8) is 0 Å². The van der Waals surface area contributed by atoms with Gasteiger partial charge in [0.15, 0.2) is 0 Å². The molecule has 41 valence electrons. The van der Waals surface area contributed by atoms with Crippen molar-refractivity contribution < 1.29 is 22.3 Å². The molecule has 0 unspecified atom stereocenters. The third-order valence-electron chi connectivity index (χ3n) is 0.111. The number of hydrogen-bond acceptors (Lipinski definition) is 2. The Morgan fingerprint density at radius 3 is 1.17 bits per heavy atom. The number of hydrogen-bond donors (Lipinski definition) is 2. The van der Waals surface area contributed by atoms with Crippen molar-refractivity contribution in [1.82, 2.24) is 0 Å². The smallest absolute Gasteiger partial charge is 0.00957 e. The second kappa shape index (κ2) is 21.3. The van der Waals surface area contributed by atoms with Crippen LogP contribution in [-0.2, 0) is 16.8 Å². The molecule has 0 rings (SSSR count). The van der Waals surface area contributed by atoms with Gasteiger partial charge >= 0.3 is 0 Å². The van der Waals surface area contributed by atoms with Crippen molar-refractivity contribution in [3.8, 4) is 0 Å². The monoisotopic (exact) mass is 135 g/mol. The van der Waals surface area contributed by atoms with Crippen LogP contribution in [0.15, 0.2) is 12.4 Å². The molecule has 0 bridgehead atoms. The van der Waals surface area contributed by atoms with Gasteiger partial charge in [0.05, 0.1) is 0 Å². The van der Waals surface area contributed by atoms with Crippen LogP contribution in [0.2, 0.25) is 0 Å². The maximum Gasteiger partial charge on any atom is 0.00957 e. The first-order chi connectivity index (χ1) is 1.91. The molecule has 0 atom stereocenters. The van der Waals surface area contributed by atoms with Gasteiger partial charge in [0, 0.05) is 29.2 Å². The second-order valence-corrected chi connectivity index (χ2v) is 0.385. The topological polar surface area (TPSA) is 83.5 Å². The Morgan fingerprint density at radius 2 is 1.17 bits per heavy atom. The quantitative estimate of drug-likeness (QED) is 0.425. The van der Waals surface area contributed by atoms with E-state index in [1.165, 1.54) is 12.4 Å². The van der Waals surface area contributed by atoms with Crippen molar-refractivity contribution in [1.29, 1.82) is 0 Å². The summed E-state index contributed by atoms with van der Waals surface area (Å²) in [5.41, 5.74) is 9.44. The normalized spacial score (nSPS) is 6.00. The van der Waals surface area contributed by atoms with Crippen molar-refractivity contribution in [2.75, 3.05) is 0 Å². The van der Waals surface area contributed by atoms with Crippen LogP contribution in [0.1, 0.15) is 0 Å². The molecule has 0 saturated carbocycles. The van der Waals surface area contributed by atoms with E-state index in [0.29, 0.717) is 0 Å². The Balaban J connectivity index is -0.0000000450. The molecular weight excluding hydrogens is 127 g/mol. The van der Waals surface area contributed by atoms with Gasteiger partial charge in [-0.25, -0.2) is 0 Å². The van der Waals surface area contributed by atoms with E-state index in [9.17, 15) is 0 Å². The molecular formula is C2H8CoN2O. The summed E-state index contributed by atoms with van der Waals surface area (Å²) in [5.74, 6) is 0. The molecule has 0 amide bonds. The van der Waals surface area contributed by atoms with E-state index in [1.807, 2.05) is 0 Å². The van der Waals surface area contributed by atoms with E-state index in [2.05, 4.69) is 0 Å². The molecule has 0 aromatic carbocycles. The minimum absolute atomic E-state index is 0. The van der Waals surface area contributed by atoms with E-state index in [0.717, 1.165) is 0 Å². The van der Waals surface area contributed by atoms with E-state index in [4.69, 9.17) is 11.5 Å². The van der Waals surface area contributed by atoms with Gasteiger partial charge in [-0.1, -0.05) is 0 Å². The van der Waals surface area contributed by atoms with Crippen molar-refractivity contribution in [2.24, 2.45) is 11.5 Å². The van der Waals surface area contributed by atoms with E-state index in [1.54, 1.807) is 0 Å². The minimum Gasteiger partial charge on any atom is -0.412 e. The predicted molar refractivity (Wildman–Crippen MR) is 21.1 cm³/mol. The molecule has 0 fully saturated rings. The van der Waals surface area contributed by atoms with Gasteiger partial charge < -0.3 is 16.9 Å². The summed E-state index contributed by atoms with van der Waals surface area (Å²) in [4.78, 5) is 0. The molecule has 0 heterocycles. The van der Waals surface area contributed by atoms with Crippen LogP contribution in [0.3, 0.4) is 0 Å². The molecule has 0 aliphatic carbocycles. The van der Waals surface area contributed by atoms with E-state index >= 15 is 0 Å². The zero-order chi connectivity index (χ0) is 3.41. The Kier molecular flexibility index (Phi) is 60.6. The standard InChI is InChI=1S/C2H6N2.Co.H2O/c3-1-2-4;;/h1-2H,3-4H2;;1H2/b2-1+;;. The molecule has 0 aliphatic heterocycles. The van der Waals surface area contributed by atoms with E-state index < -0.39 is 0 Å². The Morgan fingerprint density at radius 1 is 1.00 bits per heavy atom. The average Bonchev–Trinajstić information content (AvgIpc) is 1.37. The summed E-state index contributed by atoms with van der Waals surface area (Å²) in [6.45, 7) is 0. The van der Waals surface area contributed by atoms with Crippen LogP contribution in [0, 0.1) is 0 Å². The average molecular weight is 135 g/mol. The SMILES string of the molecule is N/C=C/N.O.[Co].